The van der Waals surface area contributed by atoms with Gasteiger partial charge >= 0.3 is 0 Å². The fraction of sp³-hybridized carbons (Fsp3) is 0.187. The maximum Gasteiger partial charge on any atom is 0.143 e. The van der Waals surface area contributed by atoms with Crippen LogP contribution >= 0.6 is 0 Å². The van der Waals surface area contributed by atoms with E-state index in [1.54, 1.807) is 11.1 Å². The second-order valence-corrected chi connectivity index (χ2v) is 37.8. The molecule has 2 aromatic heterocycles. The number of furan rings is 2. The molecule has 3 heteroatoms. The van der Waals surface area contributed by atoms with E-state index in [9.17, 15) is 0 Å². The Labute approximate surface area is 739 Å². The number of fused-ring (bicyclic) bond motifs is 24. The van der Waals surface area contributed by atoms with Gasteiger partial charge < -0.3 is 13.7 Å². The summed E-state index contributed by atoms with van der Waals surface area (Å²) in [6.07, 6.45) is 15.2. The van der Waals surface area contributed by atoms with Gasteiger partial charge in [0.25, 0.3) is 0 Å². The third-order valence-corrected chi connectivity index (χ3v) is 30.5. The number of hydrogen-bond acceptors (Lipinski definition) is 3. The molecule has 5 aliphatic carbocycles. The van der Waals surface area contributed by atoms with E-state index in [1.165, 1.54) is 227 Å². The molecule has 19 aromatic rings. The van der Waals surface area contributed by atoms with Crippen molar-refractivity contribution < 1.29 is 8.83 Å². The molecule has 610 valence electrons. The van der Waals surface area contributed by atoms with Crippen LogP contribution in [0.25, 0.3) is 133 Å². The fourth-order valence-electron chi connectivity index (χ4n) is 24.5. The summed E-state index contributed by atoms with van der Waals surface area (Å²) in [5, 5.41) is 6.98. The molecule has 5 aliphatic rings. The number of hydrogen-bond donors (Lipinski definition) is 0. The SMILES string of the molecule is CCCCCCCC1(CCCCCCC)c2ccccc2-c2ccc(-c3ccc4c(c3)C(C)(C)c3cc(N(c5ccc6c(c5)C(C)(C)c5cc(-c7ccc8ccccc8c7)c7oc8ccccc8c7c5-6)c5ccc6c(c5)C(c5ccccc5)(c5ccccc5)c5cc7c(cc5-6)C(c5ccccc5)(c5ccccc5)c5ccc6oc8ccccc8c6c5-7)ccc3-4)cc21. The molecule has 0 radical (unpaired) electrons. The Kier molecular flexibility index (Phi) is 17.7. The molecular weight excluding hydrogens is 1520 g/mol. The molecule has 0 amide bonds. The predicted octanol–water partition coefficient (Wildman–Crippen LogP) is 33.8. The van der Waals surface area contributed by atoms with Crippen molar-refractivity contribution >= 4 is 71.7 Å². The standard InChI is InChI=1S/C123H101NO2/c1-7-9-11-13-35-67-121(68-36-14-12-10-8-2)101-50-32-29-47-90(101)93-61-56-81(71-106(93)121)80-55-60-91-92-62-57-87(72-104(92)119(3,4)103(91)70-80)124(88-59-64-95-105(73-88)120(5,6)110-75-98(82-54-53-78-37-27-28-38-79(78)69-82)118-117(114(95)110)97-49-31-34-52-112(97)126-118)89-58-63-94-99-76-109-100(77-108(99)123(107(94)74-89,85-43-23-17-24-44-85)86-45-25-18-26-46-86)115-102(65-66-113-116(115)96-48-30-33-51-111(96)125-113)122(109,83-39-19-15-20-40-83)84-41-21-16-22-42-84/h15-34,37-66,69-77H,7-14,35-36,67-68H2,1-6H3. The summed E-state index contributed by atoms with van der Waals surface area (Å²) in [4.78, 5) is 2.62. The van der Waals surface area contributed by atoms with Gasteiger partial charge in [-0.25, -0.2) is 0 Å². The van der Waals surface area contributed by atoms with Crippen LogP contribution in [0.5, 0.6) is 0 Å². The lowest BCUT2D eigenvalue weighted by atomic mass is 9.66. The highest BCUT2D eigenvalue weighted by Crippen LogP contribution is 2.67. The Bertz CT molecular complexity index is 7530. The highest BCUT2D eigenvalue weighted by atomic mass is 16.3. The molecule has 0 spiro atoms. The molecule has 17 aromatic carbocycles. The number of benzene rings is 17. The zero-order chi connectivity index (χ0) is 84.4. The first-order chi connectivity index (χ1) is 61.9. The average Bonchev–Trinajstić information content (AvgIpc) is 1.51. The van der Waals surface area contributed by atoms with Crippen molar-refractivity contribution in [2.45, 2.75) is 146 Å². The second kappa shape index (κ2) is 29.3. The maximum absolute atomic E-state index is 7.16. The van der Waals surface area contributed by atoms with Gasteiger partial charge in [-0.05, 0) is 265 Å². The summed E-state index contributed by atoms with van der Waals surface area (Å²) in [6.45, 7) is 14.6. The molecule has 0 saturated carbocycles. The Morgan fingerprint density at radius 2 is 0.667 bits per heavy atom. The van der Waals surface area contributed by atoms with Gasteiger partial charge in [0, 0.05) is 60.4 Å². The Morgan fingerprint density at radius 3 is 1.29 bits per heavy atom. The summed E-state index contributed by atoms with van der Waals surface area (Å²) in [6, 6.07) is 138. The van der Waals surface area contributed by atoms with E-state index >= 15 is 0 Å². The van der Waals surface area contributed by atoms with Gasteiger partial charge in [-0.3, -0.25) is 0 Å². The minimum absolute atomic E-state index is 0.0145. The van der Waals surface area contributed by atoms with Crippen LogP contribution < -0.4 is 4.90 Å². The van der Waals surface area contributed by atoms with Gasteiger partial charge in [0.05, 0.1) is 10.8 Å². The number of para-hydroxylation sites is 2. The third kappa shape index (κ3) is 11.1. The van der Waals surface area contributed by atoms with E-state index in [4.69, 9.17) is 8.83 Å². The van der Waals surface area contributed by atoms with Crippen molar-refractivity contribution in [2.75, 3.05) is 4.90 Å². The van der Waals surface area contributed by atoms with Gasteiger partial charge in [-0.15, -0.1) is 0 Å². The van der Waals surface area contributed by atoms with Gasteiger partial charge in [0.2, 0.25) is 0 Å². The fourth-order valence-corrected chi connectivity index (χ4v) is 24.5. The van der Waals surface area contributed by atoms with Crippen molar-refractivity contribution in [3.05, 3.63) is 436 Å². The smallest absolute Gasteiger partial charge is 0.143 e. The zero-order valence-electron chi connectivity index (χ0n) is 72.8. The van der Waals surface area contributed by atoms with E-state index in [1.807, 2.05) is 0 Å². The first-order valence-corrected chi connectivity index (χ1v) is 46.4. The summed E-state index contributed by atoms with van der Waals surface area (Å²) >= 11 is 0. The molecule has 24 rings (SSSR count). The minimum atomic E-state index is -0.823. The lowest BCUT2D eigenvalue weighted by Crippen LogP contribution is -2.30. The van der Waals surface area contributed by atoms with Crippen molar-refractivity contribution in [1.82, 2.24) is 0 Å². The van der Waals surface area contributed by atoms with Crippen LogP contribution in [0.3, 0.4) is 0 Å². The zero-order valence-corrected chi connectivity index (χ0v) is 72.8. The van der Waals surface area contributed by atoms with E-state index in [2.05, 4.69) is 404 Å². The summed E-state index contributed by atoms with van der Waals surface area (Å²) < 4.78 is 14.1. The molecular formula is C123H101NO2. The van der Waals surface area contributed by atoms with E-state index in [0.717, 1.165) is 66.7 Å². The molecule has 126 heavy (non-hydrogen) atoms. The quantitative estimate of drug-likeness (QED) is 0.0672. The number of anilines is 3. The first-order valence-electron chi connectivity index (χ1n) is 46.4. The van der Waals surface area contributed by atoms with Crippen LogP contribution in [-0.4, -0.2) is 0 Å². The highest BCUT2D eigenvalue weighted by Gasteiger charge is 2.53. The largest absolute Gasteiger partial charge is 0.456 e. The van der Waals surface area contributed by atoms with Crippen LogP contribution in [0.15, 0.2) is 367 Å². The van der Waals surface area contributed by atoms with Crippen molar-refractivity contribution in [3.8, 4) is 77.9 Å². The number of unbranched alkanes of at least 4 members (excludes halogenated alkanes) is 8. The van der Waals surface area contributed by atoms with Crippen LogP contribution in [0.2, 0.25) is 0 Å². The van der Waals surface area contributed by atoms with E-state index in [-0.39, 0.29) is 10.8 Å². The summed E-state index contributed by atoms with van der Waals surface area (Å²) in [7, 11) is 0. The Balaban J connectivity index is 0.711. The normalized spacial score (nSPS) is 15.0. The van der Waals surface area contributed by atoms with Crippen LogP contribution in [-0.2, 0) is 27.1 Å². The molecule has 0 unspecified atom stereocenters. The van der Waals surface area contributed by atoms with Gasteiger partial charge in [-0.1, -0.05) is 373 Å². The van der Waals surface area contributed by atoms with Gasteiger partial charge in [-0.2, -0.15) is 0 Å². The molecule has 0 fully saturated rings. The van der Waals surface area contributed by atoms with Crippen molar-refractivity contribution in [2.24, 2.45) is 0 Å². The Hall–Kier alpha value is -13.6. The van der Waals surface area contributed by atoms with Crippen molar-refractivity contribution in [1.29, 1.82) is 0 Å². The molecule has 0 atom stereocenters. The minimum Gasteiger partial charge on any atom is -0.456 e. The predicted molar refractivity (Wildman–Crippen MR) is 527 cm³/mol. The second-order valence-electron chi connectivity index (χ2n) is 37.8. The van der Waals surface area contributed by atoms with Crippen LogP contribution in [0.1, 0.15) is 196 Å². The van der Waals surface area contributed by atoms with Crippen LogP contribution in [0, 0.1) is 0 Å². The van der Waals surface area contributed by atoms with Crippen LogP contribution in [0.4, 0.5) is 17.1 Å². The molecule has 0 N–H and O–H groups in total. The number of rotatable bonds is 21. The van der Waals surface area contributed by atoms with Crippen molar-refractivity contribution in [3.63, 3.8) is 0 Å². The maximum atomic E-state index is 7.16. The topological polar surface area (TPSA) is 29.5 Å². The lowest BCUT2D eigenvalue weighted by Gasteiger charge is -2.36. The lowest BCUT2D eigenvalue weighted by molar-refractivity contribution is 0.399. The van der Waals surface area contributed by atoms with Gasteiger partial charge in [0.15, 0.2) is 0 Å². The van der Waals surface area contributed by atoms with E-state index in [0.29, 0.717) is 0 Å². The molecule has 2 heterocycles. The summed E-state index contributed by atoms with van der Waals surface area (Å²) in [5.41, 5.74) is 40.3. The average molecular weight is 1630 g/mol. The summed E-state index contributed by atoms with van der Waals surface area (Å²) in [5.74, 6) is 0. The monoisotopic (exact) mass is 1620 g/mol. The first kappa shape index (κ1) is 76.1. The molecule has 0 saturated heterocycles. The molecule has 0 bridgehead atoms. The molecule has 0 aliphatic heterocycles. The third-order valence-electron chi connectivity index (χ3n) is 30.5. The van der Waals surface area contributed by atoms with E-state index < -0.39 is 16.2 Å². The van der Waals surface area contributed by atoms with Gasteiger partial charge in [0.1, 0.15) is 22.3 Å². The highest BCUT2D eigenvalue weighted by molar-refractivity contribution is 6.20. The molecule has 3 nitrogen and oxygen atoms in total. The Morgan fingerprint density at radius 1 is 0.246 bits per heavy atom. The number of nitrogens with zero attached hydrogens (tertiary/aromatic N) is 1.